The van der Waals surface area contributed by atoms with Crippen LogP contribution in [0.4, 0.5) is 0 Å². The van der Waals surface area contributed by atoms with E-state index in [1.54, 1.807) is 0 Å². The summed E-state index contributed by atoms with van der Waals surface area (Å²) in [6, 6.07) is 14.9. The molecule has 4 rings (SSSR count). The Morgan fingerprint density at radius 2 is 1.34 bits per heavy atom. The van der Waals surface area contributed by atoms with E-state index in [0.29, 0.717) is 0 Å². The van der Waals surface area contributed by atoms with Gasteiger partial charge in [0.2, 0.25) is 0 Å². The topological polar surface area (TPSA) is 24.7 Å². The van der Waals surface area contributed by atoms with Gasteiger partial charge in [0.25, 0.3) is 0 Å². The molecular weight excluding hydrogens is 472 g/mol. The number of hydrogen-bond acceptors (Lipinski definition) is 3. The number of halogens is 1. The Hall–Kier alpha value is -1.98. The number of benzene rings is 2. The van der Waals surface area contributed by atoms with Crippen molar-refractivity contribution < 1.29 is 13.1 Å². The Morgan fingerprint density at radius 1 is 0.771 bits per heavy atom. The van der Waals surface area contributed by atoms with Gasteiger partial charge in [-0.3, -0.25) is 0 Å². The van der Waals surface area contributed by atoms with Crippen LogP contribution in [0.5, 0.6) is 11.5 Å². The van der Waals surface area contributed by atoms with E-state index < -0.39 is 7.47 Å². The number of amidine groups is 1. The zero-order chi connectivity index (χ0) is 26.4. The van der Waals surface area contributed by atoms with E-state index in [-0.39, 0.29) is 21.9 Å². The van der Waals surface area contributed by atoms with Crippen molar-refractivity contribution >= 4 is 24.4 Å². The van der Waals surface area contributed by atoms with E-state index in [0.717, 1.165) is 28.5 Å². The predicted octanol–water partition coefficient (Wildman–Crippen LogP) is 7.55. The molecule has 0 radical (unpaired) electrons. The molecule has 0 amide bonds. The quantitative estimate of drug-likeness (QED) is 0.290. The first-order valence-electron chi connectivity index (χ1n) is 12.7. The van der Waals surface area contributed by atoms with Crippen molar-refractivity contribution in [2.75, 3.05) is 0 Å². The van der Waals surface area contributed by atoms with Crippen LogP contribution < -0.4 is 8.85 Å². The zero-order valence-electron chi connectivity index (χ0n) is 23.6. The molecule has 0 N–H and O–H groups in total. The molecule has 2 aliphatic heterocycles. The van der Waals surface area contributed by atoms with Crippen molar-refractivity contribution in [3.8, 4) is 11.5 Å². The van der Waals surface area contributed by atoms with E-state index in [9.17, 15) is 0 Å². The minimum absolute atomic E-state index is 0.0366. The molecule has 0 bridgehead atoms. The third-order valence-electron chi connectivity index (χ3n) is 6.82. The van der Waals surface area contributed by atoms with Crippen LogP contribution in [0.15, 0.2) is 42.5 Å². The molecular formula is C29H43ClN2O2Si. The van der Waals surface area contributed by atoms with Crippen LogP contribution in [0.1, 0.15) is 99.8 Å². The van der Waals surface area contributed by atoms with Gasteiger partial charge in [-0.1, -0.05) is 0 Å². The van der Waals surface area contributed by atoms with Crippen molar-refractivity contribution in [3.63, 3.8) is 0 Å². The second-order valence-electron chi connectivity index (χ2n) is 14.1. The molecule has 2 aromatic rings. The third kappa shape index (κ3) is 3.90. The molecule has 0 aliphatic carbocycles. The van der Waals surface area contributed by atoms with E-state index in [1.165, 1.54) is 5.56 Å². The summed E-state index contributed by atoms with van der Waals surface area (Å²) in [5, 5.41) is 0. The summed E-state index contributed by atoms with van der Waals surface area (Å²) in [5.74, 6) is 2.58. The average molecular weight is 515 g/mol. The van der Waals surface area contributed by atoms with Crippen LogP contribution >= 0.6 is 11.1 Å². The van der Waals surface area contributed by atoms with Gasteiger partial charge in [-0.25, -0.2) is 0 Å². The van der Waals surface area contributed by atoms with Crippen LogP contribution in [0.25, 0.3) is 0 Å². The Bertz CT molecular complexity index is 1210. The van der Waals surface area contributed by atoms with E-state index in [1.807, 2.05) is 6.07 Å². The van der Waals surface area contributed by atoms with Crippen LogP contribution in [0, 0.1) is 0 Å². The van der Waals surface area contributed by atoms with Gasteiger partial charge in [0, 0.05) is 0 Å². The van der Waals surface area contributed by atoms with Gasteiger partial charge in [0.1, 0.15) is 0 Å². The summed E-state index contributed by atoms with van der Waals surface area (Å²) in [6.07, 6.45) is 0. The fourth-order valence-electron chi connectivity index (χ4n) is 5.42. The van der Waals surface area contributed by atoms with Crippen molar-refractivity contribution in [1.29, 1.82) is 0 Å². The second kappa shape index (κ2) is 7.29. The van der Waals surface area contributed by atoms with Crippen LogP contribution in [-0.4, -0.2) is 33.2 Å². The van der Waals surface area contributed by atoms with Crippen molar-refractivity contribution in [3.05, 3.63) is 59.2 Å². The maximum atomic E-state index is 7.94. The number of fused-ring (bicyclic) bond motifs is 1. The van der Waals surface area contributed by atoms with E-state index >= 15 is 0 Å². The Morgan fingerprint density at radius 3 is 1.80 bits per heavy atom. The zero-order valence-corrected chi connectivity index (χ0v) is 25.4. The molecule has 6 heteroatoms. The van der Waals surface area contributed by atoms with Crippen LogP contribution in [0.3, 0.4) is 0 Å². The Balaban J connectivity index is 2.06. The van der Waals surface area contributed by atoms with Crippen molar-refractivity contribution in [2.45, 2.75) is 105 Å². The van der Waals surface area contributed by atoms with Gasteiger partial charge in [-0.2, -0.15) is 0 Å². The summed E-state index contributed by atoms with van der Waals surface area (Å²) >= 11 is 7.94. The summed E-state index contributed by atoms with van der Waals surface area (Å²) in [6.45, 7) is 26.4. The van der Waals surface area contributed by atoms with Crippen LogP contribution in [0.2, 0.25) is 0 Å². The monoisotopic (exact) mass is 514 g/mol. The molecule has 1 spiro atoms. The summed E-state index contributed by atoms with van der Waals surface area (Å²) < 4.78 is 18.6. The van der Waals surface area contributed by atoms with Gasteiger partial charge < -0.3 is 0 Å². The first-order valence-corrected chi connectivity index (χ1v) is 15.9. The molecule has 0 aromatic heterocycles. The second-order valence-corrected chi connectivity index (χ2v) is 19.1. The maximum absolute atomic E-state index is 7.94. The Kier molecular flexibility index (Phi) is 5.43. The van der Waals surface area contributed by atoms with Gasteiger partial charge >= 0.3 is 218 Å². The summed E-state index contributed by atoms with van der Waals surface area (Å²) in [7, 11) is -4.41. The standard InChI is InChI=1S/C29H43ClN2O2Si/c1-26(2,3)21-18-22(27(4,5)6)24-23(19-21)33-35(30,34-24)31(28(7,8)9)25(32(35)29(10,11)12)20-16-14-13-15-17-20/h13-19H,1-12H3. The summed E-state index contributed by atoms with van der Waals surface area (Å²) in [5.41, 5.74) is 2.61. The van der Waals surface area contributed by atoms with Crippen molar-refractivity contribution in [1.82, 2.24) is 4.57 Å². The minimum atomic E-state index is -4.41. The molecule has 0 saturated carbocycles. The number of rotatable bonds is 1. The van der Waals surface area contributed by atoms with E-state index in [2.05, 4.69) is 128 Å². The Labute approximate surface area is 217 Å². The molecule has 4 nitrogen and oxygen atoms in total. The first kappa shape index (κ1) is 26.1. The molecule has 0 fully saturated rings. The SMILES string of the molecule is CC(C)(C)c1cc2c(c(C(C)(C)C)c1)O[Si-]1(Cl)(O2)N(C(C)(C)C)C(c2ccccc2)=[N+]1C(C)(C)C. The first-order chi connectivity index (χ1) is 15.7. The average Bonchev–Trinajstić information content (AvgIpc) is 2.97. The fourth-order valence-corrected chi connectivity index (χ4v) is 12.8. The number of hydrogen-bond donors (Lipinski definition) is 0. The molecule has 0 saturated heterocycles. The molecule has 2 heterocycles. The molecule has 0 unspecified atom stereocenters. The normalized spacial score (nSPS) is 20.5. The molecule has 2 aliphatic rings. The third-order valence-corrected chi connectivity index (χ3v) is 12.6. The fraction of sp³-hybridized carbons (Fsp3) is 0.552. The number of nitrogens with zero attached hydrogens (tertiary/aromatic N) is 2. The molecule has 0 atom stereocenters. The molecule has 35 heavy (non-hydrogen) atoms. The molecule has 2 aromatic carbocycles. The van der Waals surface area contributed by atoms with Gasteiger partial charge in [0.05, 0.1) is 0 Å². The van der Waals surface area contributed by atoms with Crippen molar-refractivity contribution in [2.24, 2.45) is 0 Å². The van der Waals surface area contributed by atoms with Crippen LogP contribution in [-0.2, 0) is 10.8 Å². The van der Waals surface area contributed by atoms with E-state index in [4.69, 9.17) is 19.9 Å². The van der Waals surface area contributed by atoms with Gasteiger partial charge in [0.15, 0.2) is 0 Å². The molecule has 192 valence electrons. The van der Waals surface area contributed by atoms with Gasteiger partial charge in [-0.05, 0) is 0 Å². The summed E-state index contributed by atoms with van der Waals surface area (Å²) in [4.78, 5) is 0. The van der Waals surface area contributed by atoms with Gasteiger partial charge in [-0.15, -0.1) is 0 Å². The predicted molar refractivity (Wildman–Crippen MR) is 149 cm³/mol.